The number of anilines is 1. The van der Waals surface area contributed by atoms with Crippen LogP contribution in [0.15, 0.2) is 47.1 Å². The summed E-state index contributed by atoms with van der Waals surface area (Å²) in [5.41, 5.74) is 7.95. The first-order chi connectivity index (χ1) is 17.2. The Balaban J connectivity index is 1.56. The van der Waals surface area contributed by atoms with Gasteiger partial charge in [-0.15, -0.1) is 0 Å². The lowest BCUT2D eigenvalue weighted by atomic mass is 9.85. The number of carbonyl (C=O) groups excluding carboxylic acids is 1. The van der Waals surface area contributed by atoms with Crippen LogP contribution in [0, 0.1) is 11.6 Å². The van der Waals surface area contributed by atoms with Crippen LogP contribution in [0.2, 0.25) is 0 Å². The number of halogens is 3. The van der Waals surface area contributed by atoms with E-state index >= 15 is 4.39 Å². The molecule has 1 atom stereocenters. The maximum Gasteiger partial charge on any atom is 0.254 e. The zero-order valence-electron chi connectivity index (χ0n) is 19.8. The Morgan fingerprint density at radius 3 is 2.61 bits per heavy atom. The molecule has 5 N–H and O–H groups in total. The van der Waals surface area contributed by atoms with Crippen molar-refractivity contribution in [2.24, 2.45) is 0 Å². The van der Waals surface area contributed by atoms with E-state index in [1.165, 1.54) is 24.3 Å². The minimum absolute atomic E-state index is 0.153. The lowest BCUT2D eigenvalue weighted by molar-refractivity contribution is 0.0932. The number of nitrogens with one attached hydrogen (secondary N) is 2. The van der Waals surface area contributed by atoms with Gasteiger partial charge >= 0.3 is 0 Å². The second kappa shape index (κ2) is 11.4. The number of rotatable bonds is 7. The molecule has 0 radical (unpaired) electrons. The molecule has 36 heavy (non-hydrogen) atoms. The average molecular weight is 560 g/mol. The van der Waals surface area contributed by atoms with Crippen molar-refractivity contribution in [2.75, 3.05) is 19.3 Å². The monoisotopic (exact) mass is 559 g/mol. The van der Waals surface area contributed by atoms with E-state index in [-0.39, 0.29) is 23.4 Å². The Labute approximate surface area is 216 Å². The quantitative estimate of drug-likeness (QED) is 0.339. The molecule has 7 nitrogen and oxygen atoms in total. The summed E-state index contributed by atoms with van der Waals surface area (Å²) in [5.74, 6) is -1.50. The predicted molar refractivity (Wildman–Crippen MR) is 137 cm³/mol. The number of nitrogens with zero attached hydrogens (tertiary/aromatic N) is 2. The third kappa shape index (κ3) is 6.05. The van der Waals surface area contributed by atoms with Crippen LogP contribution in [-0.2, 0) is 0 Å². The number of hydrogen-bond donors (Lipinski definition) is 4. The van der Waals surface area contributed by atoms with Gasteiger partial charge < -0.3 is 21.5 Å². The van der Waals surface area contributed by atoms with E-state index in [1.54, 1.807) is 25.4 Å². The lowest BCUT2D eigenvalue weighted by Crippen LogP contribution is -2.35. The number of aliphatic hydroxyl groups excluding tert-OH is 1. The van der Waals surface area contributed by atoms with Crippen LogP contribution >= 0.6 is 15.9 Å². The van der Waals surface area contributed by atoms with E-state index < -0.39 is 23.6 Å². The number of benzene rings is 2. The zero-order chi connectivity index (χ0) is 25.8. The molecule has 10 heteroatoms. The van der Waals surface area contributed by atoms with Gasteiger partial charge in [0.1, 0.15) is 23.1 Å². The highest BCUT2D eigenvalue weighted by Gasteiger charge is 2.24. The summed E-state index contributed by atoms with van der Waals surface area (Å²) in [5, 5.41) is 15.5. The number of aromatic nitrogens is 2. The van der Waals surface area contributed by atoms with Crippen LogP contribution in [0.1, 0.15) is 59.3 Å². The summed E-state index contributed by atoms with van der Waals surface area (Å²) in [6, 6.07) is 7.94. The topological polar surface area (TPSA) is 113 Å². The molecule has 190 valence electrons. The van der Waals surface area contributed by atoms with E-state index in [0.717, 1.165) is 18.5 Å². The number of amides is 1. The third-order valence-corrected chi connectivity index (χ3v) is 6.88. The highest BCUT2D eigenvalue weighted by molar-refractivity contribution is 9.10. The van der Waals surface area contributed by atoms with E-state index in [1.807, 2.05) is 0 Å². The first-order valence-corrected chi connectivity index (χ1v) is 12.6. The Hall–Kier alpha value is -2.95. The smallest absolute Gasteiger partial charge is 0.254 e. The van der Waals surface area contributed by atoms with Crippen LogP contribution in [0.4, 0.5) is 14.6 Å². The summed E-state index contributed by atoms with van der Waals surface area (Å²) in [7, 11) is 1.71. The molecule has 0 bridgehead atoms. The fourth-order valence-electron chi connectivity index (χ4n) is 4.51. The summed E-state index contributed by atoms with van der Waals surface area (Å²) in [6.45, 7) is 0.318. The largest absolute Gasteiger partial charge is 0.393 e. The van der Waals surface area contributed by atoms with Gasteiger partial charge in [-0.25, -0.2) is 18.7 Å². The van der Waals surface area contributed by atoms with Gasteiger partial charge in [-0.3, -0.25) is 4.79 Å². The minimum Gasteiger partial charge on any atom is -0.393 e. The molecule has 1 amide bonds. The van der Waals surface area contributed by atoms with E-state index in [0.29, 0.717) is 40.7 Å². The van der Waals surface area contributed by atoms with Crippen molar-refractivity contribution in [2.45, 2.75) is 43.7 Å². The van der Waals surface area contributed by atoms with Crippen molar-refractivity contribution in [3.8, 4) is 11.3 Å². The minimum atomic E-state index is -0.735. The highest BCUT2D eigenvalue weighted by Crippen LogP contribution is 2.34. The fourth-order valence-corrected chi connectivity index (χ4v) is 4.99. The van der Waals surface area contributed by atoms with E-state index in [9.17, 15) is 14.3 Å². The molecule has 1 aliphatic rings. The third-order valence-electron chi connectivity index (χ3n) is 6.42. The Bertz CT molecular complexity index is 1230. The first kappa shape index (κ1) is 26.1. The highest BCUT2D eigenvalue weighted by atomic mass is 79.9. The Kier molecular flexibility index (Phi) is 8.28. The van der Waals surface area contributed by atoms with E-state index in [4.69, 9.17) is 5.73 Å². The number of aliphatic hydroxyl groups is 1. The maximum atomic E-state index is 15.1. The number of hydrogen-bond acceptors (Lipinski definition) is 6. The number of carbonyl (C=O) groups is 1. The fraction of sp³-hybridized carbons (Fsp3) is 0.346. The summed E-state index contributed by atoms with van der Waals surface area (Å²) >= 11 is 3.26. The van der Waals surface area contributed by atoms with Gasteiger partial charge in [-0.05, 0) is 68.6 Å². The normalized spacial score (nSPS) is 18.6. The molecule has 2 aromatic carbocycles. The molecule has 0 unspecified atom stereocenters. The zero-order valence-corrected chi connectivity index (χ0v) is 21.4. The van der Waals surface area contributed by atoms with Crippen molar-refractivity contribution >= 4 is 27.7 Å². The van der Waals surface area contributed by atoms with Crippen LogP contribution in [0.3, 0.4) is 0 Å². The molecule has 1 heterocycles. The molecular weight excluding hydrogens is 532 g/mol. The second-order valence-corrected chi connectivity index (χ2v) is 9.93. The van der Waals surface area contributed by atoms with Crippen molar-refractivity contribution < 1.29 is 18.7 Å². The molecule has 1 aliphatic carbocycles. The summed E-state index contributed by atoms with van der Waals surface area (Å²) in [6.07, 6.45) is 4.33. The first-order valence-electron chi connectivity index (χ1n) is 11.8. The molecule has 4 rings (SSSR count). The van der Waals surface area contributed by atoms with Gasteiger partial charge in [-0.2, -0.15) is 0 Å². The SMILES string of the molecule is CNC[C@@H](NC(=O)c1ccc(-c2nc(C3CCC(O)CC3)cnc2N)cc1F)c1cc(F)cc(Br)c1. The van der Waals surface area contributed by atoms with Crippen LogP contribution in [0.5, 0.6) is 0 Å². The number of likely N-dealkylation sites (N-methyl/N-ethyl adjacent to an activating group) is 1. The Morgan fingerprint density at radius 1 is 1.19 bits per heavy atom. The molecule has 0 aliphatic heterocycles. The van der Waals surface area contributed by atoms with Crippen molar-refractivity contribution in [1.29, 1.82) is 0 Å². The van der Waals surface area contributed by atoms with Crippen LogP contribution < -0.4 is 16.4 Å². The van der Waals surface area contributed by atoms with Crippen LogP contribution in [0.25, 0.3) is 11.3 Å². The van der Waals surface area contributed by atoms with Crippen molar-refractivity contribution in [3.63, 3.8) is 0 Å². The predicted octanol–water partition coefficient (Wildman–Crippen LogP) is 4.48. The number of nitrogens with two attached hydrogens (primary N) is 1. The molecule has 1 fully saturated rings. The van der Waals surface area contributed by atoms with Crippen molar-refractivity contribution in [3.05, 3.63) is 75.5 Å². The maximum absolute atomic E-state index is 15.1. The molecule has 0 spiro atoms. The second-order valence-electron chi connectivity index (χ2n) is 9.02. The van der Waals surface area contributed by atoms with Gasteiger partial charge in [0.25, 0.3) is 5.91 Å². The molecule has 0 saturated heterocycles. The van der Waals surface area contributed by atoms with Crippen LogP contribution in [-0.4, -0.2) is 40.7 Å². The summed E-state index contributed by atoms with van der Waals surface area (Å²) in [4.78, 5) is 21.8. The molecule has 3 aromatic rings. The Morgan fingerprint density at radius 2 is 1.94 bits per heavy atom. The van der Waals surface area contributed by atoms with Gasteiger partial charge in [0.15, 0.2) is 0 Å². The standard InChI is InChI=1S/C26H28BrF2N5O2/c1-31-12-22(16-8-17(27)11-18(28)9-16)34-26(36)20-7-4-15(10-21(20)29)24-25(30)32-13-23(33-24)14-2-5-19(35)6-3-14/h4,7-11,13-14,19,22,31,35H,2-3,5-6,12H2,1H3,(H2,30,32)(H,34,36)/t14?,19?,22-/m1/s1. The number of nitrogen functional groups attached to an aromatic ring is 1. The van der Waals surface area contributed by atoms with Crippen molar-refractivity contribution in [1.82, 2.24) is 20.6 Å². The summed E-state index contributed by atoms with van der Waals surface area (Å²) < 4.78 is 29.6. The van der Waals surface area contributed by atoms with E-state index in [2.05, 4.69) is 36.5 Å². The molecule has 1 saturated carbocycles. The lowest BCUT2D eigenvalue weighted by Gasteiger charge is -2.25. The van der Waals surface area contributed by atoms with Gasteiger partial charge in [0.2, 0.25) is 0 Å². The average Bonchev–Trinajstić information content (AvgIpc) is 2.84. The molecular formula is C26H28BrF2N5O2. The molecule has 1 aromatic heterocycles. The van der Waals surface area contributed by atoms with Gasteiger partial charge in [-0.1, -0.05) is 22.0 Å². The van der Waals surface area contributed by atoms with Gasteiger partial charge in [0.05, 0.1) is 29.6 Å². The van der Waals surface area contributed by atoms with Gasteiger partial charge in [0, 0.05) is 22.5 Å².